The van der Waals surface area contributed by atoms with Crippen molar-refractivity contribution in [2.75, 3.05) is 18.5 Å². The van der Waals surface area contributed by atoms with Crippen molar-refractivity contribution in [2.45, 2.75) is 43.7 Å². The van der Waals surface area contributed by atoms with Gasteiger partial charge in [0, 0.05) is 24.8 Å². The quantitative estimate of drug-likeness (QED) is 0.520. The number of carbonyl (C=O) groups is 1. The number of sulfonamides is 1. The van der Waals surface area contributed by atoms with Crippen LogP contribution in [0.25, 0.3) is 0 Å². The smallest absolute Gasteiger partial charge is 0.360 e. The molecule has 0 aliphatic rings. The Hall–Kier alpha value is -2.33. The molecule has 1 N–H and O–H groups in total. The number of halogens is 4. The van der Waals surface area contributed by atoms with Crippen LogP contribution in [-0.4, -0.2) is 32.9 Å². The van der Waals surface area contributed by atoms with Gasteiger partial charge in [0.1, 0.15) is 10.7 Å². The molecule has 0 saturated heterocycles. The number of aromatic nitrogens is 1. The molecule has 2 aromatic rings. The molecule has 11 heteroatoms. The molecule has 31 heavy (non-hydrogen) atoms. The Bertz CT molecular complexity index is 1010. The number of alkyl halides is 3. The van der Waals surface area contributed by atoms with E-state index >= 15 is 0 Å². The second kappa shape index (κ2) is 10.3. The zero-order valence-electron chi connectivity index (χ0n) is 17.0. The summed E-state index contributed by atoms with van der Waals surface area (Å²) in [4.78, 5) is 17.9. The van der Waals surface area contributed by atoms with Gasteiger partial charge in [-0.1, -0.05) is 37.8 Å². The second-order valence-corrected chi connectivity index (χ2v) is 9.08. The third-order valence-electron chi connectivity index (χ3n) is 4.53. The lowest BCUT2D eigenvalue weighted by Gasteiger charge is -2.18. The molecule has 0 bridgehead atoms. The van der Waals surface area contributed by atoms with E-state index < -0.39 is 33.2 Å². The average Bonchev–Trinajstić information content (AvgIpc) is 2.70. The number of benzene rings is 1. The fourth-order valence-corrected chi connectivity index (χ4v) is 3.92. The molecular weight excluding hydrogens is 455 g/mol. The first-order valence-corrected chi connectivity index (χ1v) is 11.4. The largest absolute Gasteiger partial charge is 0.417 e. The molecule has 1 aromatic heterocycles. The Morgan fingerprint density at radius 2 is 1.87 bits per heavy atom. The van der Waals surface area contributed by atoms with E-state index in [4.69, 9.17) is 11.6 Å². The highest BCUT2D eigenvalue weighted by Crippen LogP contribution is 2.34. The molecule has 0 radical (unpaired) electrons. The van der Waals surface area contributed by atoms with Gasteiger partial charge in [-0.15, -0.1) is 0 Å². The van der Waals surface area contributed by atoms with Crippen molar-refractivity contribution in [3.63, 3.8) is 0 Å². The van der Waals surface area contributed by atoms with Gasteiger partial charge < -0.3 is 4.90 Å². The summed E-state index contributed by atoms with van der Waals surface area (Å²) in [6.45, 7) is 2.85. The topological polar surface area (TPSA) is 79.4 Å². The van der Waals surface area contributed by atoms with Crippen LogP contribution in [0.3, 0.4) is 0 Å². The van der Waals surface area contributed by atoms with Gasteiger partial charge in [-0.05, 0) is 36.8 Å². The molecular formula is C20H23ClF3N3O3S. The van der Waals surface area contributed by atoms with Crippen molar-refractivity contribution >= 4 is 33.3 Å². The minimum atomic E-state index is -4.88. The van der Waals surface area contributed by atoms with E-state index in [0.717, 1.165) is 50.6 Å². The number of hydrogen-bond donors (Lipinski definition) is 1. The molecule has 0 spiro atoms. The molecule has 0 aliphatic heterocycles. The summed E-state index contributed by atoms with van der Waals surface area (Å²) in [5.41, 5.74) is -2.18. The zero-order chi connectivity index (χ0) is 23.2. The lowest BCUT2D eigenvalue weighted by Crippen LogP contribution is -2.32. The number of amides is 1. The third-order valence-corrected chi connectivity index (χ3v) is 6.08. The maximum absolute atomic E-state index is 13.2. The van der Waals surface area contributed by atoms with Crippen LogP contribution < -0.4 is 9.62 Å². The molecule has 0 unspecified atom stereocenters. The molecule has 0 aliphatic carbocycles. The monoisotopic (exact) mass is 477 g/mol. The van der Waals surface area contributed by atoms with Crippen molar-refractivity contribution in [3.05, 3.63) is 52.7 Å². The first kappa shape index (κ1) is 24.9. The first-order valence-electron chi connectivity index (χ1n) is 9.56. The summed E-state index contributed by atoms with van der Waals surface area (Å²) in [7, 11) is -2.60. The first-order chi connectivity index (χ1) is 14.5. The fraction of sp³-hybridized carbons (Fsp3) is 0.400. The van der Waals surface area contributed by atoms with Crippen LogP contribution in [0.5, 0.6) is 0 Å². The highest BCUT2D eigenvalue weighted by atomic mass is 35.5. The number of anilines is 1. The molecule has 0 atom stereocenters. The van der Waals surface area contributed by atoms with Gasteiger partial charge in [0.2, 0.25) is 0 Å². The number of nitrogens with zero attached hydrogens (tertiary/aromatic N) is 2. The van der Waals surface area contributed by atoms with Gasteiger partial charge in [0.25, 0.3) is 15.9 Å². The van der Waals surface area contributed by atoms with Crippen LogP contribution >= 0.6 is 11.6 Å². The summed E-state index contributed by atoms with van der Waals surface area (Å²) in [5, 5.41) is -0.231. The fourth-order valence-electron chi connectivity index (χ4n) is 2.83. The molecule has 0 fully saturated rings. The maximum atomic E-state index is 13.2. The van der Waals surface area contributed by atoms with Crippen LogP contribution in [0.2, 0.25) is 5.02 Å². The average molecular weight is 478 g/mol. The number of rotatable bonds is 9. The van der Waals surface area contributed by atoms with Crippen LogP contribution in [0.1, 0.15) is 48.5 Å². The third kappa shape index (κ3) is 6.83. The van der Waals surface area contributed by atoms with Crippen molar-refractivity contribution in [3.8, 4) is 0 Å². The lowest BCUT2D eigenvalue weighted by atomic mass is 10.1. The van der Waals surface area contributed by atoms with E-state index in [-0.39, 0.29) is 9.92 Å². The molecule has 1 heterocycles. The summed E-state index contributed by atoms with van der Waals surface area (Å²) in [6, 6.07) is 5.18. The van der Waals surface area contributed by atoms with Crippen LogP contribution in [-0.2, 0) is 16.2 Å². The number of unbranched alkanes of at least 4 members (excludes halogenated alkanes) is 3. The SMILES string of the molecule is CCCCCCN(C)c1ccc(S(=O)(=O)NC(=O)c2ccc(Cl)cc2C(F)(F)F)cn1. The molecule has 0 saturated carbocycles. The number of carbonyl (C=O) groups excluding carboxylic acids is 1. The van der Waals surface area contributed by atoms with E-state index in [9.17, 15) is 26.4 Å². The van der Waals surface area contributed by atoms with Crippen molar-refractivity contribution < 1.29 is 26.4 Å². The number of nitrogens with one attached hydrogen (secondary N) is 1. The van der Waals surface area contributed by atoms with Crippen molar-refractivity contribution in [2.24, 2.45) is 0 Å². The predicted molar refractivity (Wildman–Crippen MR) is 113 cm³/mol. The Morgan fingerprint density at radius 3 is 2.45 bits per heavy atom. The maximum Gasteiger partial charge on any atom is 0.417 e. The Labute approximate surface area is 184 Å². The van der Waals surface area contributed by atoms with Gasteiger partial charge in [0.15, 0.2) is 0 Å². The molecule has 6 nitrogen and oxygen atoms in total. The van der Waals surface area contributed by atoms with E-state index in [0.29, 0.717) is 11.9 Å². The van der Waals surface area contributed by atoms with Gasteiger partial charge in [-0.25, -0.2) is 18.1 Å². The molecule has 1 aromatic carbocycles. The van der Waals surface area contributed by atoms with Crippen LogP contribution in [0.4, 0.5) is 19.0 Å². The number of hydrogen-bond acceptors (Lipinski definition) is 5. The minimum Gasteiger partial charge on any atom is -0.360 e. The zero-order valence-corrected chi connectivity index (χ0v) is 18.6. The van der Waals surface area contributed by atoms with Crippen LogP contribution in [0, 0.1) is 0 Å². The normalized spacial score (nSPS) is 11.9. The van der Waals surface area contributed by atoms with Gasteiger partial charge in [0.05, 0.1) is 11.1 Å². The highest BCUT2D eigenvalue weighted by Gasteiger charge is 2.36. The van der Waals surface area contributed by atoms with E-state index in [2.05, 4.69) is 11.9 Å². The predicted octanol–water partition coefficient (Wildman–Crippen LogP) is 4.89. The summed E-state index contributed by atoms with van der Waals surface area (Å²) in [5.74, 6) is -0.875. The second-order valence-electron chi connectivity index (χ2n) is 6.96. The van der Waals surface area contributed by atoms with E-state index in [1.54, 1.807) is 4.72 Å². The Kier molecular flexibility index (Phi) is 8.30. The molecule has 1 amide bonds. The van der Waals surface area contributed by atoms with Gasteiger partial charge >= 0.3 is 6.18 Å². The Morgan fingerprint density at radius 1 is 1.16 bits per heavy atom. The lowest BCUT2D eigenvalue weighted by molar-refractivity contribution is -0.137. The van der Waals surface area contributed by atoms with E-state index in [1.807, 2.05) is 11.9 Å². The van der Waals surface area contributed by atoms with Gasteiger partial charge in [-0.2, -0.15) is 13.2 Å². The van der Waals surface area contributed by atoms with Gasteiger partial charge in [-0.3, -0.25) is 4.79 Å². The highest BCUT2D eigenvalue weighted by molar-refractivity contribution is 7.90. The minimum absolute atomic E-state index is 0.231. The van der Waals surface area contributed by atoms with Crippen LogP contribution in [0.15, 0.2) is 41.4 Å². The standard InChI is InChI=1S/C20H23ClF3N3O3S/c1-3-4-5-6-11-27(2)18-10-8-15(13-25-18)31(29,30)26-19(28)16-9-7-14(21)12-17(16)20(22,23)24/h7-10,12-13H,3-6,11H2,1-2H3,(H,26,28). The summed E-state index contributed by atoms with van der Waals surface area (Å²) in [6.07, 6.45) is 0.448. The summed E-state index contributed by atoms with van der Waals surface area (Å²) >= 11 is 5.58. The number of pyridine rings is 1. The molecule has 170 valence electrons. The van der Waals surface area contributed by atoms with Crippen molar-refractivity contribution in [1.29, 1.82) is 0 Å². The van der Waals surface area contributed by atoms with E-state index in [1.165, 1.54) is 12.1 Å². The van der Waals surface area contributed by atoms with Crippen molar-refractivity contribution in [1.82, 2.24) is 9.71 Å². The Balaban J connectivity index is 2.15. The molecule has 2 rings (SSSR count). The summed E-state index contributed by atoms with van der Waals surface area (Å²) < 4.78 is 66.2.